The lowest BCUT2D eigenvalue weighted by Crippen LogP contribution is -2.35. The molecule has 0 radical (unpaired) electrons. The Morgan fingerprint density at radius 2 is 2.12 bits per heavy atom. The third kappa shape index (κ3) is 2.43. The Morgan fingerprint density at radius 1 is 1.38 bits per heavy atom. The van der Waals surface area contributed by atoms with E-state index in [2.05, 4.69) is 0 Å². The summed E-state index contributed by atoms with van der Waals surface area (Å²) in [6, 6.07) is 0. The van der Waals surface area contributed by atoms with Gasteiger partial charge in [-0.1, -0.05) is 6.92 Å². The van der Waals surface area contributed by atoms with Crippen molar-refractivity contribution in [3.8, 4) is 0 Å². The summed E-state index contributed by atoms with van der Waals surface area (Å²) in [4.78, 5) is 0. The fourth-order valence-electron chi connectivity index (χ4n) is 3.46. The van der Waals surface area contributed by atoms with Crippen molar-refractivity contribution in [2.45, 2.75) is 51.0 Å². The summed E-state index contributed by atoms with van der Waals surface area (Å²) in [7, 11) is -2.86. The molecule has 2 aliphatic carbocycles. The van der Waals surface area contributed by atoms with Crippen LogP contribution in [0.1, 0.15) is 45.4 Å². The second-order valence-electron chi connectivity index (χ2n) is 5.52. The largest absolute Gasteiger partial charge is 0.390 e. The monoisotopic (exact) mass is 246 g/mol. The highest BCUT2D eigenvalue weighted by Crippen LogP contribution is 2.52. The van der Waals surface area contributed by atoms with Crippen LogP contribution in [0.15, 0.2) is 0 Å². The quantitative estimate of drug-likeness (QED) is 0.804. The molecule has 0 spiro atoms. The molecule has 0 amide bonds. The average Bonchev–Trinajstić information content (AvgIpc) is 2.77. The average molecular weight is 246 g/mol. The van der Waals surface area contributed by atoms with Crippen LogP contribution in [-0.4, -0.2) is 30.6 Å². The molecule has 3 unspecified atom stereocenters. The molecular weight excluding hydrogens is 224 g/mol. The van der Waals surface area contributed by atoms with Crippen LogP contribution >= 0.6 is 0 Å². The lowest BCUT2D eigenvalue weighted by molar-refractivity contribution is -0.0208. The molecular formula is C12H22O3S. The lowest BCUT2D eigenvalue weighted by Gasteiger charge is -2.32. The van der Waals surface area contributed by atoms with Crippen LogP contribution in [-0.2, 0) is 9.84 Å². The van der Waals surface area contributed by atoms with Crippen molar-refractivity contribution in [2.75, 3.05) is 11.5 Å². The second kappa shape index (κ2) is 4.30. The molecule has 4 heteroatoms. The van der Waals surface area contributed by atoms with Gasteiger partial charge in [-0.3, -0.25) is 0 Å². The summed E-state index contributed by atoms with van der Waals surface area (Å²) < 4.78 is 22.7. The van der Waals surface area contributed by atoms with Gasteiger partial charge in [-0.25, -0.2) is 8.42 Å². The minimum atomic E-state index is -2.86. The first-order chi connectivity index (χ1) is 7.45. The molecule has 0 aromatic rings. The molecule has 1 N–H and O–H groups in total. The van der Waals surface area contributed by atoms with E-state index in [4.69, 9.17) is 0 Å². The van der Waals surface area contributed by atoms with Gasteiger partial charge in [0, 0.05) is 5.75 Å². The van der Waals surface area contributed by atoms with Crippen molar-refractivity contribution in [1.82, 2.24) is 0 Å². The zero-order valence-corrected chi connectivity index (χ0v) is 10.8. The summed E-state index contributed by atoms with van der Waals surface area (Å²) in [5, 5.41) is 10.5. The third-order valence-electron chi connectivity index (χ3n) is 4.45. The van der Waals surface area contributed by atoms with Gasteiger partial charge >= 0.3 is 0 Å². The third-order valence-corrected chi connectivity index (χ3v) is 6.24. The van der Waals surface area contributed by atoms with Gasteiger partial charge in [0.05, 0.1) is 11.4 Å². The number of fused-ring (bicyclic) bond motifs is 2. The fraction of sp³-hybridized carbons (Fsp3) is 1.00. The Bertz CT molecular complexity index is 349. The zero-order chi connectivity index (χ0) is 11.8. The summed E-state index contributed by atoms with van der Waals surface area (Å²) >= 11 is 0. The number of sulfone groups is 1. The highest BCUT2D eigenvalue weighted by atomic mass is 32.2. The first-order valence-electron chi connectivity index (χ1n) is 6.38. The van der Waals surface area contributed by atoms with Gasteiger partial charge in [0.15, 0.2) is 0 Å². The summed E-state index contributed by atoms with van der Waals surface area (Å²) in [6.07, 6.45) is 5.77. The predicted octanol–water partition coefficient (Wildman–Crippen LogP) is 1.75. The molecule has 0 aromatic heterocycles. The van der Waals surface area contributed by atoms with E-state index in [-0.39, 0.29) is 11.5 Å². The summed E-state index contributed by atoms with van der Waals surface area (Å²) in [6.45, 7) is 1.68. The molecule has 2 aliphatic rings. The van der Waals surface area contributed by atoms with E-state index in [1.807, 2.05) is 0 Å². The van der Waals surface area contributed by atoms with E-state index in [0.29, 0.717) is 24.7 Å². The van der Waals surface area contributed by atoms with Crippen molar-refractivity contribution in [3.05, 3.63) is 0 Å². The molecule has 2 saturated carbocycles. The highest BCUT2D eigenvalue weighted by molar-refractivity contribution is 7.91. The molecule has 0 aliphatic heterocycles. The van der Waals surface area contributed by atoms with E-state index >= 15 is 0 Å². The van der Waals surface area contributed by atoms with Crippen molar-refractivity contribution in [1.29, 1.82) is 0 Å². The van der Waals surface area contributed by atoms with Gasteiger partial charge in [-0.2, -0.15) is 0 Å². The highest BCUT2D eigenvalue weighted by Gasteiger charge is 2.49. The molecule has 0 saturated heterocycles. The van der Waals surface area contributed by atoms with Gasteiger partial charge in [-0.15, -0.1) is 0 Å². The topological polar surface area (TPSA) is 54.4 Å². The van der Waals surface area contributed by atoms with Crippen LogP contribution in [0.3, 0.4) is 0 Å². The molecule has 2 bridgehead atoms. The molecule has 2 fully saturated rings. The van der Waals surface area contributed by atoms with Crippen LogP contribution in [0.25, 0.3) is 0 Å². The Labute approximate surface area is 98.2 Å². The molecule has 3 nitrogen and oxygen atoms in total. The maximum Gasteiger partial charge on any atom is 0.150 e. The Morgan fingerprint density at radius 3 is 2.62 bits per heavy atom. The van der Waals surface area contributed by atoms with Crippen LogP contribution in [0.4, 0.5) is 0 Å². The minimum Gasteiger partial charge on any atom is -0.390 e. The van der Waals surface area contributed by atoms with E-state index in [1.54, 1.807) is 6.92 Å². The molecule has 16 heavy (non-hydrogen) atoms. The van der Waals surface area contributed by atoms with E-state index in [0.717, 1.165) is 19.3 Å². The Balaban J connectivity index is 1.82. The predicted molar refractivity (Wildman–Crippen MR) is 64.0 cm³/mol. The van der Waals surface area contributed by atoms with Crippen LogP contribution in [0, 0.1) is 11.8 Å². The van der Waals surface area contributed by atoms with Gasteiger partial charge in [0.25, 0.3) is 0 Å². The van der Waals surface area contributed by atoms with E-state index in [9.17, 15) is 13.5 Å². The van der Waals surface area contributed by atoms with E-state index < -0.39 is 15.4 Å². The van der Waals surface area contributed by atoms with Crippen molar-refractivity contribution >= 4 is 9.84 Å². The second-order valence-corrected chi connectivity index (χ2v) is 8.00. The maximum absolute atomic E-state index is 11.4. The van der Waals surface area contributed by atoms with Crippen molar-refractivity contribution < 1.29 is 13.5 Å². The number of rotatable bonds is 5. The number of aliphatic hydroxyl groups is 1. The molecule has 3 atom stereocenters. The Kier molecular flexibility index (Phi) is 3.32. The molecule has 2 rings (SSSR count). The standard InChI is InChI=1S/C12H22O3S/c1-2-16(14,15)7-3-6-12(13)9-10-4-5-11(12)8-10/h10-11,13H,2-9H2,1H3. The molecule has 0 aromatic carbocycles. The van der Waals surface area contributed by atoms with Crippen LogP contribution in [0.2, 0.25) is 0 Å². The van der Waals surface area contributed by atoms with Gasteiger partial charge in [0.2, 0.25) is 0 Å². The summed E-state index contributed by atoms with van der Waals surface area (Å²) in [5.41, 5.74) is -0.536. The molecule has 94 valence electrons. The smallest absolute Gasteiger partial charge is 0.150 e. The van der Waals surface area contributed by atoms with Gasteiger partial charge < -0.3 is 5.11 Å². The van der Waals surface area contributed by atoms with Crippen LogP contribution in [0.5, 0.6) is 0 Å². The van der Waals surface area contributed by atoms with Crippen LogP contribution < -0.4 is 0 Å². The van der Waals surface area contributed by atoms with Gasteiger partial charge in [0.1, 0.15) is 9.84 Å². The lowest BCUT2D eigenvalue weighted by atomic mass is 9.81. The zero-order valence-electron chi connectivity index (χ0n) is 9.98. The number of hydrogen-bond donors (Lipinski definition) is 1. The fourth-order valence-corrected chi connectivity index (χ4v) is 4.34. The Hall–Kier alpha value is -0.0900. The first-order valence-corrected chi connectivity index (χ1v) is 8.20. The number of hydrogen-bond acceptors (Lipinski definition) is 3. The first kappa shape index (κ1) is 12.4. The normalized spacial score (nSPS) is 38.1. The van der Waals surface area contributed by atoms with Gasteiger partial charge in [-0.05, 0) is 50.4 Å². The minimum absolute atomic E-state index is 0.220. The SMILES string of the molecule is CCS(=O)(=O)CCCC1(O)CC2CCC1C2. The molecule has 0 heterocycles. The van der Waals surface area contributed by atoms with Crippen molar-refractivity contribution in [3.63, 3.8) is 0 Å². The summed E-state index contributed by atoms with van der Waals surface area (Å²) in [5.74, 6) is 1.61. The maximum atomic E-state index is 11.4. The van der Waals surface area contributed by atoms with Crippen molar-refractivity contribution in [2.24, 2.45) is 11.8 Å². The van der Waals surface area contributed by atoms with E-state index in [1.165, 1.54) is 6.42 Å².